The lowest BCUT2D eigenvalue weighted by Crippen LogP contribution is -2.25. The van der Waals surface area contributed by atoms with Crippen LogP contribution in [0, 0.1) is 31.0 Å². The first-order chi connectivity index (χ1) is 7.63. The molecule has 1 aromatic carbocycles. The quantitative estimate of drug-likeness (QED) is 0.660. The number of amides is 1. The molecular weight excluding hydrogens is 205 g/mol. The standard InChI is InChI=1S/C13H12FNO/c1-3-10-7-12(16)15(8-10)11-6-4-5-9(2)13(11)14/h1,4-6,10H,7-8H2,2H3. The lowest BCUT2D eigenvalue weighted by atomic mass is 10.1. The second kappa shape index (κ2) is 3.97. The van der Waals surface area contributed by atoms with Crippen LogP contribution in [0.4, 0.5) is 10.1 Å². The van der Waals surface area contributed by atoms with E-state index in [1.165, 1.54) is 4.90 Å². The van der Waals surface area contributed by atoms with Gasteiger partial charge in [0.15, 0.2) is 0 Å². The molecule has 82 valence electrons. The summed E-state index contributed by atoms with van der Waals surface area (Å²) >= 11 is 0. The summed E-state index contributed by atoms with van der Waals surface area (Å²) in [6, 6.07) is 5.03. The minimum Gasteiger partial charge on any atom is -0.308 e. The number of aryl methyl sites for hydroxylation is 1. The molecule has 1 unspecified atom stereocenters. The highest BCUT2D eigenvalue weighted by Gasteiger charge is 2.30. The molecule has 1 fully saturated rings. The van der Waals surface area contributed by atoms with Crippen LogP contribution in [0.3, 0.4) is 0 Å². The maximum Gasteiger partial charge on any atom is 0.228 e. The molecule has 1 aromatic rings. The predicted molar refractivity (Wildman–Crippen MR) is 60.4 cm³/mol. The number of nitrogens with zero attached hydrogens (tertiary/aromatic N) is 1. The summed E-state index contributed by atoms with van der Waals surface area (Å²) in [7, 11) is 0. The third-order valence-corrected chi connectivity index (χ3v) is 2.82. The van der Waals surface area contributed by atoms with Crippen molar-refractivity contribution in [3.63, 3.8) is 0 Å². The monoisotopic (exact) mass is 217 g/mol. The molecule has 0 aromatic heterocycles. The molecule has 0 spiro atoms. The second-order valence-electron chi connectivity index (χ2n) is 3.98. The number of benzene rings is 1. The summed E-state index contributed by atoms with van der Waals surface area (Å²) in [6.07, 6.45) is 5.59. The Morgan fingerprint density at radius 1 is 1.56 bits per heavy atom. The van der Waals surface area contributed by atoms with Crippen molar-refractivity contribution in [3.8, 4) is 12.3 Å². The Balaban J connectivity index is 2.36. The Morgan fingerprint density at radius 2 is 2.31 bits per heavy atom. The highest BCUT2D eigenvalue weighted by Crippen LogP contribution is 2.28. The molecule has 1 aliphatic rings. The van der Waals surface area contributed by atoms with Crippen molar-refractivity contribution >= 4 is 11.6 Å². The molecule has 0 saturated carbocycles. The van der Waals surface area contributed by atoms with Crippen molar-refractivity contribution in [1.29, 1.82) is 0 Å². The number of rotatable bonds is 1. The molecule has 0 radical (unpaired) electrons. The van der Waals surface area contributed by atoms with Gasteiger partial charge in [-0.1, -0.05) is 12.1 Å². The first kappa shape index (κ1) is 10.7. The van der Waals surface area contributed by atoms with E-state index in [-0.39, 0.29) is 17.6 Å². The summed E-state index contributed by atoms with van der Waals surface area (Å²) in [4.78, 5) is 13.1. The average molecular weight is 217 g/mol. The summed E-state index contributed by atoms with van der Waals surface area (Å²) in [5, 5.41) is 0. The van der Waals surface area contributed by atoms with E-state index in [0.29, 0.717) is 24.2 Å². The molecule has 2 rings (SSSR count). The van der Waals surface area contributed by atoms with Gasteiger partial charge in [-0.2, -0.15) is 0 Å². The van der Waals surface area contributed by atoms with Gasteiger partial charge in [-0.15, -0.1) is 12.3 Å². The number of halogens is 1. The van der Waals surface area contributed by atoms with Crippen LogP contribution in [0.1, 0.15) is 12.0 Å². The van der Waals surface area contributed by atoms with Gasteiger partial charge in [0.05, 0.1) is 5.69 Å². The number of terminal acetylenes is 1. The Morgan fingerprint density at radius 3 is 2.94 bits per heavy atom. The van der Waals surface area contributed by atoms with E-state index < -0.39 is 0 Å². The lowest BCUT2D eigenvalue weighted by Gasteiger charge is -2.17. The van der Waals surface area contributed by atoms with Gasteiger partial charge in [0, 0.05) is 18.9 Å². The normalized spacial score (nSPS) is 19.9. The van der Waals surface area contributed by atoms with Crippen molar-refractivity contribution < 1.29 is 9.18 Å². The molecule has 1 aliphatic heterocycles. The number of hydrogen-bond donors (Lipinski definition) is 0. The van der Waals surface area contributed by atoms with Gasteiger partial charge in [-0.05, 0) is 18.6 Å². The molecular formula is C13H12FNO. The maximum absolute atomic E-state index is 13.8. The molecule has 1 heterocycles. The van der Waals surface area contributed by atoms with Crippen LogP contribution in [0.2, 0.25) is 0 Å². The van der Waals surface area contributed by atoms with Crippen LogP contribution in [0.25, 0.3) is 0 Å². The fourth-order valence-corrected chi connectivity index (χ4v) is 1.89. The van der Waals surface area contributed by atoms with E-state index in [9.17, 15) is 9.18 Å². The van der Waals surface area contributed by atoms with Gasteiger partial charge in [0.25, 0.3) is 0 Å². The minimum absolute atomic E-state index is 0.104. The Bertz CT molecular complexity index is 475. The third-order valence-electron chi connectivity index (χ3n) is 2.82. The van der Waals surface area contributed by atoms with Gasteiger partial charge in [-0.3, -0.25) is 4.79 Å². The van der Waals surface area contributed by atoms with Crippen LogP contribution >= 0.6 is 0 Å². The smallest absolute Gasteiger partial charge is 0.228 e. The van der Waals surface area contributed by atoms with E-state index in [0.717, 1.165) is 0 Å². The number of carbonyl (C=O) groups is 1. The molecule has 2 nitrogen and oxygen atoms in total. The first-order valence-corrected chi connectivity index (χ1v) is 5.15. The summed E-state index contributed by atoms with van der Waals surface area (Å²) in [5.74, 6) is 2.00. The number of anilines is 1. The van der Waals surface area contributed by atoms with Gasteiger partial charge < -0.3 is 4.90 Å². The van der Waals surface area contributed by atoms with Crippen molar-refractivity contribution in [1.82, 2.24) is 0 Å². The average Bonchev–Trinajstić information content (AvgIpc) is 2.64. The molecule has 0 bridgehead atoms. The van der Waals surface area contributed by atoms with E-state index in [4.69, 9.17) is 6.42 Å². The molecule has 1 amide bonds. The molecule has 0 N–H and O–H groups in total. The summed E-state index contributed by atoms with van der Waals surface area (Å²) in [6.45, 7) is 2.09. The third kappa shape index (κ3) is 1.67. The van der Waals surface area contributed by atoms with Crippen molar-refractivity contribution in [3.05, 3.63) is 29.6 Å². The van der Waals surface area contributed by atoms with Crippen LogP contribution < -0.4 is 4.90 Å². The highest BCUT2D eigenvalue weighted by molar-refractivity contribution is 5.96. The van der Waals surface area contributed by atoms with Crippen LogP contribution in [0.5, 0.6) is 0 Å². The second-order valence-corrected chi connectivity index (χ2v) is 3.98. The van der Waals surface area contributed by atoms with Crippen molar-refractivity contribution in [2.45, 2.75) is 13.3 Å². The topological polar surface area (TPSA) is 20.3 Å². The maximum atomic E-state index is 13.8. The van der Waals surface area contributed by atoms with Crippen LogP contribution in [-0.4, -0.2) is 12.5 Å². The predicted octanol–water partition coefficient (Wildman–Crippen LogP) is 2.12. The highest BCUT2D eigenvalue weighted by atomic mass is 19.1. The zero-order valence-electron chi connectivity index (χ0n) is 9.03. The van der Waals surface area contributed by atoms with Gasteiger partial charge in [0.2, 0.25) is 5.91 Å². The van der Waals surface area contributed by atoms with Crippen molar-refractivity contribution in [2.75, 3.05) is 11.4 Å². The lowest BCUT2D eigenvalue weighted by molar-refractivity contribution is -0.117. The van der Waals surface area contributed by atoms with E-state index in [1.807, 2.05) is 0 Å². The number of hydrogen-bond acceptors (Lipinski definition) is 1. The molecule has 3 heteroatoms. The molecule has 1 saturated heterocycles. The fourth-order valence-electron chi connectivity index (χ4n) is 1.89. The van der Waals surface area contributed by atoms with Gasteiger partial charge in [0.1, 0.15) is 5.82 Å². The Hall–Kier alpha value is -1.82. The summed E-state index contributed by atoms with van der Waals surface area (Å²) < 4.78 is 13.8. The van der Waals surface area contributed by atoms with E-state index in [2.05, 4.69) is 5.92 Å². The van der Waals surface area contributed by atoms with Gasteiger partial charge in [-0.25, -0.2) is 4.39 Å². The van der Waals surface area contributed by atoms with E-state index in [1.54, 1.807) is 25.1 Å². The zero-order chi connectivity index (χ0) is 11.7. The Kier molecular flexibility index (Phi) is 2.66. The molecule has 0 aliphatic carbocycles. The van der Waals surface area contributed by atoms with E-state index >= 15 is 0 Å². The molecule has 16 heavy (non-hydrogen) atoms. The van der Waals surface area contributed by atoms with Crippen LogP contribution in [0.15, 0.2) is 18.2 Å². The Labute approximate surface area is 94.1 Å². The van der Waals surface area contributed by atoms with Crippen LogP contribution in [-0.2, 0) is 4.79 Å². The zero-order valence-corrected chi connectivity index (χ0v) is 9.03. The SMILES string of the molecule is C#CC1CC(=O)N(c2cccc(C)c2F)C1. The summed E-state index contributed by atoms with van der Waals surface area (Å²) in [5.41, 5.74) is 0.872. The molecule has 1 atom stereocenters. The van der Waals surface area contributed by atoms with Gasteiger partial charge >= 0.3 is 0 Å². The first-order valence-electron chi connectivity index (χ1n) is 5.15. The van der Waals surface area contributed by atoms with Crippen molar-refractivity contribution in [2.24, 2.45) is 5.92 Å². The number of carbonyl (C=O) groups excluding carboxylic acids is 1. The largest absolute Gasteiger partial charge is 0.308 e. The fraction of sp³-hybridized carbons (Fsp3) is 0.308. The minimum atomic E-state index is -0.339.